The second-order valence-electron chi connectivity index (χ2n) is 6.59. The number of ether oxygens (including phenoxy) is 1. The molecule has 0 radical (unpaired) electrons. The Morgan fingerprint density at radius 3 is 2.54 bits per heavy atom. The fourth-order valence-electron chi connectivity index (χ4n) is 3.56. The van der Waals surface area contributed by atoms with Gasteiger partial charge in [0, 0.05) is 6.07 Å². The van der Waals surface area contributed by atoms with Crippen molar-refractivity contribution in [2.75, 3.05) is 6.61 Å². The van der Waals surface area contributed by atoms with Gasteiger partial charge < -0.3 is 9.84 Å². The number of rotatable bonds is 2. The predicted molar refractivity (Wildman–Crippen MR) is 80.3 cm³/mol. The number of halogens is 2. The summed E-state index contributed by atoms with van der Waals surface area (Å²) in [4.78, 5) is 25.6. The van der Waals surface area contributed by atoms with Crippen molar-refractivity contribution in [1.82, 2.24) is 4.90 Å². The van der Waals surface area contributed by atoms with Crippen molar-refractivity contribution in [2.45, 2.75) is 44.4 Å². The number of hydrogen-bond acceptors (Lipinski definition) is 3. The van der Waals surface area contributed by atoms with E-state index in [-0.39, 0.29) is 12.2 Å². The topological polar surface area (TPSA) is 66.8 Å². The number of nitrogens with zero attached hydrogens (tertiary/aromatic N) is 1. The maximum Gasteiger partial charge on any atom is 0.328 e. The van der Waals surface area contributed by atoms with E-state index < -0.39 is 35.3 Å². The van der Waals surface area contributed by atoms with Crippen LogP contribution in [0.4, 0.5) is 8.78 Å². The first-order valence-corrected chi connectivity index (χ1v) is 7.99. The Morgan fingerprint density at radius 1 is 1.29 bits per heavy atom. The fraction of sp³-hybridized carbons (Fsp3) is 0.529. The van der Waals surface area contributed by atoms with E-state index in [2.05, 4.69) is 6.92 Å². The first-order valence-electron chi connectivity index (χ1n) is 7.99. The third kappa shape index (κ3) is 2.77. The number of carbonyl (C=O) groups is 2. The van der Waals surface area contributed by atoms with E-state index in [1.807, 2.05) is 0 Å². The van der Waals surface area contributed by atoms with E-state index >= 15 is 0 Å². The van der Waals surface area contributed by atoms with Gasteiger partial charge in [-0.05, 0) is 43.7 Å². The Labute approximate surface area is 138 Å². The highest BCUT2D eigenvalue weighted by atomic mass is 19.1. The molecule has 2 fully saturated rings. The van der Waals surface area contributed by atoms with Crippen molar-refractivity contribution in [1.29, 1.82) is 0 Å². The molecule has 1 aliphatic heterocycles. The van der Waals surface area contributed by atoms with Gasteiger partial charge in [0.25, 0.3) is 5.91 Å². The summed E-state index contributed by atoms with van der Waals surface area (Å²) in [7, 11) is 0. The molecule has 0 bridgehead atoms. The highest BCUT2D eigenvalue weighted by molar-refractivity contribution is 5.97. The molecule has 0 aromatic heterocycles. The van der Waals surface area contributed by atoms with Crippen molar-refractivity contribution < 1.29 is 28.2 Å². The zero-order valence-corrected chi connectivity index (χ0v) is 13.3. The average Bonchev–Trinajstić information content (AvgIpc) is 2.89. The molecule has 130 valence electrons. The van der Waals surface area contributed by atoms with Crippen molar-refractivity contribution >= 4 is 11.9 Å². The molecule has 5 nitrogen and oxygen atoms in total. The van der Waals surface area contributed by atoms with Crippen LogP contribution in [0, 0.1) is 17.6 Å². The highest BCUT2D eigenvalue weighted by Gasteiger charge is 2.54. The van der Waals surface area contributed by atoms with E-state index in [4.69, 9.17) is 4.74 Å². The van der Waals surface area contributed by atoms with Crippen molar-refractivity contribution in [2.24, 2.45) is 5.92 Å². The van der Waals surface area contributed by atoms with Gasteiger partial charge in [-0.15, -0.1) is 0 Å². The largest absolute Gasteiger partial charge is 0.480 e. The van der Waals surface area contributed by atoms with Gasteiger partial charge in [0.05, 0.1) is 12.2 Å². The van der Waals surface area contributed by atoms with Gasteiger partial charge in [-0.3, -0.25) is 9.69 Å². The first kappa shape index (κ1) is 16.8. The molecular formula is C17H19F2NO4. The Kier molecular flexibility index (Phi) is 4.29. The molecule has 1 aromatic rings. The molecule has 1 heterocycles. The van der Waals surface area contributed by atoms with Gasteiger partial charge in [-0.1, -0.05) is 6.92 Å². The van der Waals surface area contributed by atoms with Gasteiger partial charge in [0.15, 0.2) is 6.04 Å². The minimum atomic E-state index is -1.19. The average molecular weight is 339 g/mol. The van der Waals surface area contributed by atoms with Crippen molar-refractivity contribution in [3.8, 4) is 0 Å². The summed E-state index contributed by atoms with van der Waals surface area (Å²) in [5, 5.41) is 9.43. The monoisotopic (exact) mass is 339 g/mol. The summed E-state index contributed by atoms with van der Waals surface area (Å²) in [5.74, 6) is -3.30. The SMILES string of the molecule is CC1CCC2(CC1)OC[C@@H](C(=O)O)N2C(=O)c1ccc(F)cc1F. The summed E-state index contributed by atoms with van der Waals surface area (Å²) in [6.45, 7) is 1.96. The molecule has 1 aliphatic carbocycles. The van der Waals surface area contributed by atoms with Gasteiger partial charge in [0.1, 0.15) is 17.4 Å². The Balaban J connectivity index is 1.98. The Morgan fingerprint density at radius 2 is 1.96 bits per heavy atom. The molecule has 1 N–H and O–H groups in total. The fourth-order valence-corrected chi connectivity index (χ4v) is 3.56. The lowest BCUT2D eigenvalue weighted by Gasteiger charge is -2.42. The maximum atomic E-state index is 14.0. The quantitative estimate of drug-likeness (QED) is 0.900. The lowest BCUT2D eigenvalue weighted by Crippen LogP contribution is -2.55. The number of benzene rings is 1. The van der Waals surface area contributed by atoms with E-state index in [1.54, 1.807) is 0 Å². The molecule has 1 atom stereocenters. The molecular weight excluding hydrogens is 320 g/mol. The Hall–Kier alpha value is -2.02. The van der Waals surface area contributed by atoms with Gasteiger partial charge in [-0.2, -0.15) is 0 Å². The summed E-state index contributed by atoms with van der Waals surface area (Å²) in [5.41, 5.74) is -1.36. The van der Waals surface area contributed by atoms with Crippen molar-refractivity contribution in [3.63, 3.8) is 0 Å². The molecule has 7 heteroatoms. The van der Waals surface area contributed by atoms with Gasteiger partial charge in [-0.25, -0.2) is 13.6 Å². The van der Waals surface area contributed by atoms with Crippen LogP contribution in [0.5, 0.6) is 0 Å². The lowest BCUT2D eigenvalue weighted by molar-refractivity contribution is -0.143. The molecule has 0 unspecified atom stereocenters. The van der Waals surface area contributed by atoms with Crippen LogP contribution in [0.3, 0.4) is 0 Å². The van der Waals surface area contributed by atoms with Crippen LogP contribution >= 0.6 is 0 Å². The van der Waals surface area contributed by atoms with Crippen LogP contribution in [-0.2, 0) is 9.53 Å². The van der Waals surface area contributed by atoms with Gasteiger partial charge >= 0.3 is 5.97 Å². The van der Waals surface area contributed by atoms with E-state index in [0.717, 1.165) is 29.9 Å². The van der Waals surface area contributed by atoms with Crippen LogP contribution in [0.15, 0.2) is 18.2 Å². The van der Waals surface area contributed by atoms with E-state index in [9.17, 15) is 23.5 Å². The summed E-state index contributed by atoms with van der Waals surface area (Å²) < 4.78 is 32.9. The molecule has 1 saturated heterocycles. The number of hydrogen-bond donors (Lipinski definition) is 1. The van der Waals surface area contributed by atoms with E-state index in [0.29, 0.717) is 24.8 Å². The van der Waals surface area contributed by atoms with Crippen LogP contribution in [0.2, 0.25) is 0 Å². The highest BCUT2D eigenvalue weighted by Crippen LogP contribution is 2.43. The normalized spacial score (nSPS) is 29.9. The second kappa shape index (κ2) is 6.12. The number of carboxylic acid groups (broad SMARTS) is 1. The van der Waals surface area contributed by atoms with E-state index in [1.165, 1.54) is 0 Å². The van der Waals surface area contributed by atoms with Gasteiger partial charge in [0.2, 0.25) is 0 Å². The minimum absolute atomic E-state index is 0.127. The molecule has 1 aromatic carbocycles. The first-order chi connectivity index (χ1) is 11.3. The standard InChI is InChI=1S/C17H19F2NO4/c1-10-4-6-17(7-5-10)20(14(9-24-17)16(22)23)15(21)12-3-2-11(18)8-13(12)19/h2-3,8,10,14H,4-7,9H2,1H3,(H,22,23)/t10?,14-,17?/m0/s1. The maximum absolute atomic E-state index is 14.0. The summed E-state index contributed by atoms with van der Waals surface area (Å²) in [6.07, 6.45) is 2.60. The lowest BCUT2D eigenvalue weighted by atomic mass is 9.83. The smallest absolute Gasteiger partial charge is 0.328 e. The third-order valence-electron chi connectivity index (χ3n) is 4.98. The summed E-state index contributed by atoms with van der Waals surface area (Å²) >= 11 is 0. The molecule has 2 aliphatic rings. The second-order valence-corrected chi connectivity index (χ2v) is 6.59. The molecule has 24 heavy (non-hydrogen) atoms. The number of carboxylic acids is 1. The Bertz CT molecular complexity index is 671. The number of carbonyl (C=O) groups excluding carboxylic acids is 1. The molecule has 1 spiro atoms. The van der Waals surface area contributed by atoms with Crippen LogP contribution < -0.4 is 0 Å². The number of aliphatic carboxylic acids is 1. The minimum Gasteiger partial charge on any atom is -0.480 e. The molecule has 1 saturated carbocycles. The predicted octanol–water partition coefficient (Wildman–Crippen LogP) is 2.80. The number of amides is 1. The summed E-state index contributed by atoms with van der Waals surface area (Å²) in [6, 6.07) is 1.48. The zero-order chi connectivity index (χ0) is 17.5. The van der Waals surface area contributed by atoms with Crippen LogP contribution in [0.1, 0.15) is 43.0 Å². The molecule has 1 amide bonds. The molecule has 3 rings (SSSR count). The third-order valence-corrected chi connectivity index (χ3v) is 4.98. The van der Waals surface area contributed by atoms with Crippen LogP contribution in [-0.4, -0.2) is 40.3 Å². The van der Waals surface area contributed by atoms with Crippen LogP contribution in [0.25, 0.3) is 0 Å². The van der Waals surface area contributed by atoms with Crippen molar-refractivity contribution in [3.05, 3.63) is 35.4 Å². The zero-order valence-electron chi connectivity index (χ0n) is 13.3.